The van der Waals surface area contributed by atoms with Crippen molar-refractivity contribution < 1.29 is 32.7 Å². The topological polar surface area (TPSA) is 95.5 Å². The molecule has 3 N–H and O–H groups in total. The first-order chi connectivity index (χ1) is 13.6. The molecule has 2 aromatic rings. The zero-order valence-corrected chi connectivity index (χ0v) is 15.8. The number of benzene rings is 2. The third-order valence-corrected chi connectivity index (χ3v) is 5.33. The number of carbonyl (C=O) groups is 3. The molecule has 0 radical (unpaired) electrons. The van der Waals surface area contributed by atoms with Gasteiger partial charge in [-0.15, -0.1) is 0 Å². The normalized spacial score (nSPS) is 16.6. The number of amides is 3. The van der Waals surface area contributed by atoms with Crippen molar-refractivity contribution in [1.29, 1.82) is 0 Å². The molecule has 1 atom stereocenters. The van der Waals surface area contributed by atoms with Crippen LogP contribution in [0.2, 0.25) is 0 Å². The Morgan fingerprint density at radius 1 is 1.21 bits per heavy atom. The second-order valence-corrected chi connectivity index (χ2v) is 7.46. The van der Waals surface area contributed by atoms with E-state index in [2.05, 4.69) is 10.6 Å². The Bertz CT molecular complexity index is 990. The molecule has 1 aliphatic rings. The average Bonchev–Trinajstić information content (AvgIpc) is 2.99. The molecular formula is C19H15F3N2O4S. The molecule has 3 amide bonds. The molecule has 0 saturated carbocycles. The van der Waals surface area contributed by atoms with E-state index in [1.54, 1.807) is 6.92 Å². The number of aromatic hydroxyl groups is 1. The molecule has 29 heavy (non-hydrogen) atoms. The number of hydrogen-bond acceptors (Lipinski definition) is 5. The van der Waals surface area contributed by atoms with Crippen molar-refractivity contribution in [3.8, 4) is 5.75 Å². The number of alkyl halides is 3. The first kappa shape index (κ1) is 20.7. The summed E-state index contributed by atoms with van der Waals surface area (Å²) in [5.41, 5.74) is 0.272. The summed E-state index contributed by atoms with van der Waals surface area (Å²) in [6, 6.07) is 7.15. The predicted molar refractivity (Wildman–Crippen MR) is 99.3 cm³/mol. The largest absolute Gasteiger partial charge is 0.507 e. The van der Waals surface area contributed by atoms with Crippen molar-refractivity contribution in [2.45, 2.75) is 24.9 Å². The molecule has 0 bridgehead atoms. The first-order valence-corrected chi connectivity index (χ1v) is 9.23. The number of hydrogen-bond donors (Lipinski definition) is 3. The van der Waals surface area contributed by atoms with Gasteiger partial charge in [0.05, 0.1) is 11.1 Å². The highest BCUT2D eigenvalue weighted by Gasteiger charge is 2.34. The smallest absolute Gasteiger partial charge is 0.416 e. The van der Waals surface area contributed by atoms with Gasteiger partial charge in [0.1, 0.15) is 11.0 Å². The monoisotopic (exact) mass is 424 g/mol. The van der Waals surface area contributed by atoms with Gasteiger partial charge < -0.3 is 10.4 Å². The summed E-state index contributed by atoms with van der Waals surface area (Å²) >= 11 is 0.770. The molecular weight excluding hydrogens is 409 g/mol. The molecule has 0 spiro atoms. The average molecular weight is 424 g/mol. The van der Waals surface area contributed by atoms with Gasteiger partial charge in [0.25, 0.3) is 11.1 Å². The molecule has 2 aromatic carbocycles. The molecule has 1 aliphatic heterocycles. The first-order valence-electron chi connectivity index (χ1n) is 8.35. The molecule has 10 heteroatoms. The molecule has 6 nitrogen and oxygen atoms in total. The minimum atomic E-state index is -4.45. The maximum absolute atomic E-state index is 12.6. The highest BCUT2D eigenvalue weighted by molar-refractivity contribution is 8.15. The molecule has 1 fully saturated rings. The zero-order valence-electron chi connectivity index (χ0n) is 15.0. The number of halogens is 3. The van der Waals surface area contributed by atoms with Crippen LogP contribution in [0.25, 0.3) is 0 Å². The van der Waals surface area contributed by atoms with E-state index in [1.165, 1.54) is 24.3 Å². The minimum Gasteiger partial charge on any atom is -0.507 e. The van der Waals surface area contributed by atoms with Gasteiger partial charge in [-0.3, -0.25) is 19.7 Å². The Morgan fingerprint density at radius 3 is 2.41 bits per heavy atom. The summed E-state index contributed by atoms with van der Waals surface area (Å²) in [6.07, 6.45) is -4.45. The van der Waals surface area contributed by atoms with Crippen molar-refractivity contribution in [3.63, 3.8) is 0 Å². The number of carbonyl (C=O) groups excluding carboxylic acids is 3. The van der Waals surface area contributed by atoms with Gasteiger partial charge in [-0.25, -0.2) is 0 Å². The molecule has 1 unspecified atom stereocenters. The lowest BCUT2D eigenvalue weighted by molar-refractivity contribution is -0.137. The van der Waals surface area contributed by atoms with E-state index in [4.69, 9.17) is 0 Å². The van der Waals surface area contributed by atoms with E-state index in [9.17, 15) is 32.7 Å². The van der Waals surface area contributed by atoms with Crippen LogP contribution in [0.3, 0.4) is 0 Å². The maximum atomic E-state index is 12.6. The van der Waals surface area contributed by atoms with Crippen LogP contribution in [0.1, 0.15) is 37.9 Å². The van der Waals surface area contributed by atoms with Crippen molar-refractivity contribution in [1.82, 2.24) is 10.6 Å². The Hall–Kier alpha value is -3.01. The summed E-state index contributed by atoms with van der Waals surface area (Å²) < 4.78 is 37.8. The van der Waals surface area contributed by atoms with Gasteiger partial charge in [0.2, 0.25) is 5.91 Å². The van der Waals surface area contributed by atoms with Crippen LogP contribution < -0.4 is 10.6 Å². The van der Waals surface area contributed by atoms with Crippen molar-refractivity contribution in [2.75, 3.05) is 0 Å². The Morgan fingerprint density at radius 2 is 1.86 bits per heavy atom. The van der Waals surface area contributed by atoms with Crippen LogP contribution in [-0.4, -0.2) is 22.2 Å². The quantitative estimate of drug-likeness (QED) is 0.696. The fraction of sp³-hybridized carbons (Fsp3) is 0.211. The van der Waals surface area contributed by atoms with Crippen LogP contribution in [0.15, 0.2) is 36.4 Å². The summed E-state index contributed by atoms with van der Waals surface area (Å²) in [6.45, 7) is 1.49. The zero-order chi connectivity index (χ0) is 21.3. The van der Waals surface area contributed by atoms with Crippen LogP contribution in [0.4, 0.5) is 18.0 Å². The minimum absolute atomic E-state index is 0.0587. The highest BCUT2D eigenvalue weighted by Crippen LogP contribution is 2.37. The van der Waals surface area contributed by atoms with E-state index >= 15 is 0 Å². The fourth-order valence-corrected chi connectivity index (χ4v) is 3.61. The molecule has 1 saturated heterocycles. The van der Waals surface area contributed by atoms with E-state index in [0.717, 1.165) is 23.9 Å². The molecule has 1 heterocycles. The third kappa shape index (κ3) is 4.53. The SMILES string of the molecule is Cc1cc(C2SC(=O)NC2=O)cc(C(=O)NCc2ccc(C(F)(F)F)cc2)c1O. The third-order valence-electron chi connectivity index (χ3n) is 4.29. The highest BCUT2D eigenvalue weighted by atomic mass is 32.2. The number of nitrogens with one attached hydrogen (secondary N) is 2. The second-order valence-electron chi connectivity index (χ2n) is 6.39. The van der Waals surface area contributed by atoms with Gasteiger partial charge in [0.15, 0.2) is 0 Å². The van der Waals surface area contributed by atoms with Crippen molar-refractivity contribution in [2.24, 2.45) is 0 Å². The summed E-state index contributed by atoms with van der Waals surface area (Å²) in [7, 11) is 0. The van der Waals surface area contributed by atoms with E-state index in [-0.39, 0.29) is 17.9 Å². The van der Waals surface area contributed by atoms with E-state index in [1.807, 2.05) is 0 Å². The molecule has 152 valence electrons. The molecule has 0 aliphatic carbocycles. The Balaban J connectivity index is 1.77. The lowest BCUT2D eigenvalue weighted by atomic mass is 10.0. The van der Waals surface area contributed by atoms with Gasteiger partial charge in [0, 0.05) is 6.54 Å². The number of phenolic OH excluding ortho intramolecular Hbond substituents is 1. The van der Waals surface area contributed by atoms with Crippen LogP contribution in [0, 0.1) is 6.92 Å². The predicted octanol–water partition coefficient (Wildman–Crippen LogP) is 3.67. The molecule has 0 aromatic heterocycles. The van der Waals surface area contributed by atoms with Crippen LogP contribution >= 0.6 is 11.8 Å². The molecule has 3 rings (SSSR count). The summed E-state index contributed by atoms with van der Waals surface area (Å²) in [5.74, 6) is -1.46. The van der Waals surface area contributed by atoms with Crippen LogP contribution in [0.5, 0.6) is 5.75 Å². The number of phenols is 1. The van der Waals surface area contributed by atoms with Crippen LogP contribution in [-0.2, 0) is 17.5 Å². The van der Waals surface area contributed by atoms with Gasteiger partial charge in [-0.2, -0.15) is 13.2 Å². The van der Waals surface area contributed by atoms with Crippen molar-refractivity contribution in [3.05, 3.63) is 64.2 Å². The van der Waals surface area contributed by atoms with E-state index in [0.29, 0.717) is 16.7 Å². The number of thioether (sulfide) groups is 1. The Labute approximate surface area is 167 Å². The van der Waals surface area contributed by atoms with Gasteiger partial charge in [-0.05, 0) is 53.6 Å². The number of imide groups is 1. The van der Waals surface area contributed by atoms with Crippen molar-refractivity contribution >= 4 is 28.8 Å². The number of aryl methyl sites for hydroxylation is 1. The maximum Gasteiger partial charge on any atom is 0.416 e. The fourth-order valence-electron chi connectivity index (χ4n) is 2.80. The number of rotatable bonds is 4. The lowest BCUT2D eigenvalue weighted by Crippen LogP contribution is -2.24. The Kier molecular flexibility index (Phi) is 5.56. The lowest BCUT2D eigenvalue weighted by Gasteiger charge is -2.13. The standard InChI is InChI=1S/C19H15F3N2O4S/c1-9-6-11(15-17(27)24-18(28)29-15)7-13(14(9)25)16(26)23-8-10-2-4-12(5-3-10)19(20,21)22/h2-7,15,25H,8H2,1H3,(H,23,26)(H,24,27,28). The van der Waals surface area contributed by atoms with Gasteiger partial charge in [-0.1, -0.05) is 18.2 Å². The second kappa shape index (κ2) is 7.78. The van der Waals surface area contributed by atoms with E-state index < -0.39 is 34.0 Å². The summed E-state index contributed by atoms with van der Waals surface area (Å²) in [4.78, 5) is 35.8. The summed E-state index contributed by atoms with van der Waals surface area (Å²) in [5, 5.41) is 13.6. The van der Waals surface area contributed by atoms with Gasteiger partial charge >= 0.3 is 6.18 Å².